The fourth-order valence-corrected chi connectivity index (χ4v) is 3.71. The summed E-state index contributed by atoms with van der Waals surface area (Å²) in [6, 6.07) is 13.3. The third-order valence-electron chi connectivity index (χ3n) is 5.42. The van der Waals surface area contributed by atoms with Crippen LogP contribution >= 0.6 is 0 Å². The number of rotatable bonds is 9. The summed E-state index contributed by atoms with van der Waals surface area (Å²) in [4.78, 5) is 19.5. The first-order valence-electron chi connectivity index (χ1n) is 10.8. The molecule has 0 aliphatic rings. The normalized spacial score (nSPS) is 11.3. The van der Waals surface area contributed by atoms with Crippen molar-refractivity contribution in [2.24, 2.45) is 5.10 Å². The number of para-hydroxylation sites is 2. The van der Waals surface area contributed by atoms with Gasteiger partial charge in [0.25, 0.3) is 5.91 Å². The number of aromatic nitrogens is 4. The van der Waals surface area contributed by atoms with Gasteiger partial charge in [0.05, 0.1) is 24.4 Å². The van der Waals surface area contributed by atoms with Crippen LogP contribution in [-0.2, 0) is 11.3 Å². The quantitative estimate of drug-likeness (QED) is 0.286. The van der Waals surface area contributed by atoms with Crippen molar-refractivity contribution in [2.45, 2.75) is 20.4 Å². The van der Waals surface area contributed by atoms with Crippen molar-refractivity contribution in [3.8, 4) is 17.3 Å². The van der Waals surface area contributed by atoms with Crippen molar-refractivity contribution in [3.63, 3.8) is 0 Å². The number of carbonyl (C=O) groups excluding carboxylic acids is 1. The van der Waals surface area contributed by atoms with E-state index < -0.39 is 0 Å². The average Bonchev–Trinajstić information content (AvgIpc) is 3.43. The lowest BCUT2D eigenvalue weighted by Gasteiger charge is -2.21. The summed E-state index contributed by atoms with van der Waals surface area (Å²) >= 11 is 0. The first kappa shape index (κ1) is 22.8. The van der Waals surface area contributed by atoms with Gasteiger partial charge >= 0.3 is 0 Å². The Bertz CT molecular complexity index is 1320. The van der Waals surface area contributed by atoms with Crippen molar-refractivity contribution < 1.29 is 14.2 Å². The number of fused-ring (bicyclic) bond motifs is 1. The number of carbonyl (C=O) groups is 1. The van der Waals surface area contributed by atoms with E-state index in [1.54, 1.807) is 17.9 Å². The Morgan fingerprint density at radius 2 is 2.03 bits per heavy atom. The molecule has 2 aromatic heterocycles. The average molecular weight is 463 g/mol. The Kier molecular flexibility index (Phi) is 6.72. The fourth-order valence-electron chi connectivity index (χ4n) is 3.71. The van der Waals surface area contributed by atoms with Gasteiger partial charge in [-0.25, -0.2) is 15.0 Å². The lowest BCUT2D eigenvalue weighted by atomic mass is 10.2. The molecule has 0 saturated heterocycles. The molecule has 4 rings (SSSR count). The second kappa shape index (κ2) is 10.0. The number of imidazole rings is 1. The van der Waals surface area contributed by atoms with Gasteiger partial charge < -0.3 is 19.9 Å². The van der Waals surface area contributed by atoms with Crippen LogP contribution in [0.1, 0.15) is 19.4 Å². The predicted octanol–water partition coefficient (Wildman–Crippen LogP) is 2.67. The molecule has 0 aliphatic heterocycles. The van der Waals surface area contributed by atoms with E-state index in [-0.39, 0.29) is 24.0 Å². The minimum atomic E-state index is -0.352. The maximum Gasteiger partial charge on any atom is 0.260 e. The first-order chi connectivity index (χ1) is 16.5. The van der Waals surface area contributed by atoms with Crippen molar-refractivity contribution >= 4 is 34.7 Å². The molecule has 0 aliphatic carbocycles. The van der Waals surface area contributed by atoms with Crippen LogP contribution in [0.5, 0.6) is 5.75 Å². The Hall–Kier alpha value is -4.41. The molecule has 0 saturated carbocycles. The molecule has 176 valence electrons. The molecule has 0 unspecified atom stereocenters. The molecule has 4 aromatic rings. The third-order valence-corrected chi connectivity index (χ3v) is 5.42. The number of benzene rings is 2. The molecule has 0 fully saturated rings. The van der Waals surface area contributed by atoms with E-state index in [9.17, 15) is 4.79 Å². The molecule has 0 spiro atoms. The van der Waals surface area contributed by atoms with E-state index in [0.29, 0.717) is 17.1 Å². The topological polar surface area (TPSA) is 137 Å². The highest BCUT2D eigenvalue weighted by Crippen LogP contribution is 2.27. The number of hydrogen-bond acceptors (Lipinski definition) is 9. The predicted molar refractivity (Wildman–Crippen MR) is 130 cm³/mol. The second-order valence-electron chi connectivity index (χ2n) is 7.40. The van der Waals surface area contributed by atoms with Gasteiger partial charge in [0, 0.05) is 30.4 Å². The number of methoxy groups -OCH3 is 1. The summed E-state index contributed by atoms with van der Waals surface area (Å²) in [7, 11) is 1.60. The largest absolute Gasteiger partial charge is 0.496 e. The van der Waals surface area contributed by atoms with E-state index >= 15 is 0 Å². The Morgan fingerprint density at radius 1 is 1.24 bits per heavy atom. The number of nitrogen functional groups attached to an aromatic ring is 1. The number of amides is 1. The van der Waals surface area contributed by atoms with Gasteiger partial charge in [0.15, 0.2) is 17.3 Å². The number of hydrogen-bond donors (Lipinski definition) is 2. The summed E-state index contributed by atoms with van der Waals surface area (Å²) in [6.07, 6.45) is 1.55. The van der Waals surface area contributed by atoms with Crippen molar-refractivity contribution in [1.29, 1.82) is 0 Å². The number of ether oxygens (including phenoxy) is 1. The van der Waals surface area contributed by atoms with Crippen molar-refractivity contribution in [1.82, 2.24) is 25.3 Å². The number of hydrazone groups is 1. The minimum absolute atomic E-state index is 0.0580. The van der Waals surface area contributed by atoms with Crippen LogP contribution in [0.2, 0.25) is 0 Å². The van der Waals surface area contributed by atoms with Gasteiger partial charge in [-0.3, -0.25) is 4.79 Å². The van der Waals surface area contributed by atoms with Crippen LogP contribution in [0.25, 0.3) is 22.6 Å². The number of nitrogens with one attached hydrogen (secondary N) is 1. The van der Waals surface area contributed by atoms with Crippen LogP contribution in [0.15, 0.2) is 52.2 Å². The highest BCUT2D eigenvalue weighted by atomic mass is 16.6. The molecule has 0 atom stereocenters. The number of anilines is 2. The number of nitrogens with zero attached hydrogens (tertiary/aromatic N) is 6. The van der Waals surface area contributed by atoms with E-state index in [2.05, 4.69) is 44.6 Å². The van der Waals surface area contributed by atoms with E-state index in [1.807, 2.05) is 42.5 Å². The SMILES string of the molecule is CCN(CC)c1ccc(C=NNC(=O)Cn2c(-c3nonc3N)nc3ccccc32)c(OC)c1. The van der Waals surface area contributed by atoms with E-state index in [4.69, 9.17) is 15.1 Å². The van der Waals surface area contributed by atoms with Gasteiger partial charge in [-0.1, -0.05) is 12.1 Å². The van der Waals surface area contributed by atoms with Crippen molar-refractivity contribution in [3.05, 3.63) is 48.0 Å². The summed E-state index contributed by atoms with van der Waals surface area (Å²) in [5.41, 5.74) is 11.9. The zero-order valence-electron chi connectivity index (χ0n) is 19.2. The maximum absolute atomic E-state index is 12.7. The van der Waals surface area contributed by atoms with E-state index in [0.717, 1.165) is 29.9 Å². The highest BCUT2D eigenvalue weighted by molar-refractivity contribution is 5.87. The molecule has 0 bridgehead atoms. The van der Waals surface area contributed by atoms with Gasteiger partial charge in [0.1, 0.15) is 12.3 Å². The van der Waals surface area contributed by atoms with E-state index in [1.165, 1.54) is 0 Å². The second-order valence-corrected chi connectivity index (χ2v) is 7.40. The summed E-state index contributed by atoms with van der Waals surface area (Å²) in [5.74, 6) is 0.789. The van der Waals surface area contributed by atoms with Gasteiger partial charge in [0.2, 0.25) is 0 Å². The first-order valence-corrected chi connectivity index (χ1v) is 10.8. The lowest BCUT2D eigenvalue weighted by Crippen LogP contribution is -2.24. The molecule has 0 radical (unpaired) electrons. The zero-order valence-corrected chi connectivity index (χ0v) is 19.2. The molecule has 11 heteroatoms. The molecular weight excluding hydrogens is 436 g/mol. The van der Waals surface area contributed by atoms with Crippen molar-refractivity contribution in [2.75, 3.05) is 30.8 Å². The third kappa shape index (κ3) is 4.53. The van der Waals surface area contributed by atoms with Crippen LogP contribution in [-0.4, -0.2) is 52.2 Å². The molecule has 11 nitrogen and oxygen atoms in total. The van der Waals surface area contributed by atoms with Crippen LogP contribution < -0.4 is 20.8 Å². The lowest BCUT2D eigenvalue weighted by molar-refractivity contribution is -0.121. The molecule has 2 aromatic carbocycles. The summed E-state index contributed by atoms with van der Waals surface area (Å²) in [6.45, 7) is 5.93. The standard InChI is InChI=1S/C23H26N8O3/c1-4-30(5-2)16-11-10-15(19(12-16)33-3)13-25-27-20(32)14-31-18-9-7-6-8-17(18)26-23(31)21-22(24)29-34-28-21/h6-13H,4-5,14H2,1-3H3,(H2,24,29)(H,27,32). The summed E-state index contributed by atoms with van der Waals surface area (Å²) < 4.78 is 11.9. The fraction of sp³-hybridized carbons (Fsp3) is 0.261. The Labute approximate surface area is 196 Å². The zero-order chi connectivity index (χ0) is 24.1. The molecule has 2 heterocycles. The summed E-state index contributed by atoms with van der Waals surface area (Å²) in [5, 5.41) is 11.6. The highest BCUT2D eigenvalue weighted by Gasteiger charge is 2.20. The van der Waals surface area contributed by atoms with Gasteiger partial charge in [-0.05, 0) is 48.4 Å². The van der Waals surface area contributed by atoms with Crippen LogP contribution in [0.3, 0.4) is 0 Å². The minimum Gasteiger partial charge on any atom is -0.496 e. The smallest absolute Gasteiger partial charge is 0.260 e. The maximum atomic E-state index is 12.7. The van der Waals surface area contributed by atoms with Gasteiger partial charge in [-0.15, -0.1) is 0 Å². The molecule has 34 heavy (non-hydrogen) atoms. The van der Waals surface area contributed by atoms with Crippen LogP contribution in [0, 0.1) is 0 Å². The number of nitrogens with two attached hydrogens (primary N) is 1. The molecule has 3 N–H and O–H groups in total. The Balaban J connectivity index is 1.53. The molecular formula is C23H26N8O3. The molecule has 1 amide bonds. The van der Waals surface area contributed by atoms with Crippen LogP contribution in [0.4, 0.5) is 11.5 Å². The Morgan fingerprint density at radius 3 is 2.74 bits per heavy atom. The monoisotopic (exact) mass is 462 g/mol. The van der Waals surface area contributed by atoms with Gasteiger partial charge in [-0.2, -0.15) is 5.10 Å².